The van der Waals surface area contributed by atoms with E-state index >= 15 is 0 Å². The summed E-state index contributed by atoms with van der Waals surface area (Å²) in [5.41, 5.74) is 6.21. The summed E-state index contributed by atoms with van der Waals surface area (Å²) in [4.78, 5) is 0. The second kappa shape index (κ2) is 4.97. The highest BCUT2D eigenvalue weighted by atomic mass is 16.5. The molecule has 0 aromatic carbocycles. The van der Waals surface area contributed by atoms with Crippen LogP contribution < -0.4 is 5.73 Å². The predicted molar refractivity (Wildman–Crippen MR) is 55.6 cm³/mol. The maximum Gasteiger partial charge on any atom is 0.0747 e. The van der Waals surface area contributed by atoms with Crippen molar-refractivity contribution in [1.29, 1.82) is 0 Å². The van der Waals surface area contributed by atoms with Gasteiger partial charge < -0.3 is 10.5 Å². The van der Waals surface area contributed by atoms with Crippen LogP contribution in [0.3, 0.4) is 0 Å². The molecular formula is C11H23NO. The van der Waals surface area contributed by atoms with E-state index in [2.05, 4.69) is 13.8 Å². The molecule has 0 heterocycles. The Kier molecular flexibility index (Phi) is 4.20. The molecule has 1 saturated carbocycles. The number of nitrogens with two attached hydrogens (primary N) is 1. The van der Waals surface area contributed by atoms with Crippen LogP contribution in [0.2, 0.25) is 0 Å². The molecule has 0 aromatic rings. The first-order valence-electron chi connectivity index (χ1n) is 5.45. The molecule has 1 aliphatic carbocycles. The smallest absolute Gasteiger partial charge is 0.0747 e. The molecule has 1 fully saturated rings. The molecule has 0 aromatic heterocycles. The third kappa shape index (κ3) is 2.68. The van der Waals surface area contributed by atoms with Crippen LogP contribution in [0.5, 0.6) is 0 Å². The van der Waals surface area contributed by atoms with Crippen molar-refractivity contribution in [2.75, 3.05) is 7.11 Å². The van der Waals surface area contributed by atoms with Gasteiger partial charge in [-0.25, -0.2) is 0 Å². The average Bonchev–Trinajstić information content (AvgIpc) is 2.56. The van der Waals surface area contributed by atoms with Crippen LogP contribution in [0.4, 0.5) is 0 Å². The molecule has 13 heavy (non-hydrogen) atoms. The van der Waals surface area contributed by atoms with Crippen LogP contribution in [-0.4, -0.2) is 19.3 Å². The maximum atomic E-state index is 6.21. The van der Waals surface area contributed by atoms with Gasteiger partial charge in [0.1, 0.15) is 0 Å². The third-order valence-electron chi connectivity index (χ3n) is 3.25. The van der Waals surface area contributed by atoms with Gasteiger partial charge in [0.05, 0.1) is 6.10 Å². The first kappa shape index (κ1) is 11.0. The molecule has 2 atom stereocenters. The maximum absolute atomic E-state index is 6.21. The summed E-state index contributed by atoms with van der Waals surface area (Å²) in [5, 5.41) is 0. The number of ether oxygens (including phenoxy) is 1. The van der Waals surface area contributed by atoms with E-state index in [1.807, 2.05) is 0 Å². The van der Waals surface area contributed by atoms with E-state index < -0.39 is 0 Å². The van der Waals surface area contributed by atoms with Gasteiger partial charge in [0.2, 0.25) is 0 Å². The molecule has 0 saturated heterocycles. The van der Waals surface area contributed by atoms with E-state index in [0.717, 1.165) is 0 Å². The molecule has 1 aliphatic rings. The van der Waals surface area contributed by atoms with Crippen molar-refractivity contribution in [1.82, 2.24) is 0 Å². The van der Waals surface area contributed by atoms with Gasteiger partial charge in [-0.1, -0.05) is 26.7 Å². The minimum absolute atomic E-state index is 0.239. The molecule has 0 spiro atoms. The fourth-order valence-corrected chi connectivity index (χ4v) is 2.48. The normalized spacial score (nSPS) is 23.8. The second-order valence-corrected chi connectivity index (χ2v) is 4.57. The molecular weight excluding hydrogens is 162 g/mol. The fraction of sp³-hybridized carbons (Fsp3) is 1.00. The fourth-order valence-electron chi connectivity index (χ4n) is 2.48. The highest BCUT2D eigenvalue weighted by Crippen LogP contribution is 2.30. The first-order chi connectivity index (χ1) is 6.16. The summed E-state index contributed by atoms with van der Waals surface area (Å²) in [6, 6.07) is 0.243. The Morgan fingerprint density at radius 1 is 1.23 bits per heavy atom. The highest BCUT2D eigenvalue weighted by Gasteiger charge is 2.30. The molecule has 2 N–H and O–H groups in total. The summed E-state index contributed by atoms with van der Waals surface area (Å²) in [5.74, 6) is 1.23. The molecule has 0 amide bonds. The van der Waals surface area contributed by atoms with Crippen LogP contribution >= 0.6 is 0 Å². The van der Waals surface area contributed by atoms with Crippen LogP contribution in [0.1, 0.15) is 39.5 Å². The van der Waals surface area contributed by atoms with Crippen molar-refractivity contribution in [3.63, 3.8) is 0 Å². The van der Waals surface area contributed by atoms with Gasteiger partial charge in [0.15, 0.2) is 0 Å². The lowest BCUT2D eigenvalue weighted by molar-refractivity contribution is 0.0282. The minimum Gasteiger partial charge on any atom is -0.380 e. The quantitative estimate of drug-likeness (QED) is 0.728. The zero-order valence-electron chi connectivity index (χ0n) is 9.12. The zero-order valence-corrected chi connectivity index (χ0v) is 9.12. The van der Waals surface area contributed by atoms with E-state index in [4.69, 9.17) is 10.5 Å². The Morgan fingerprint density at radius 2 is 1.77 bits per heavy atom. The summed E-state index contributed by atoms with van der Waals surface area (Å²) < 4.78 is 5.46. The molecule has 0 aliphatic heterocycles. The molecule has 2 heteroatoms. The standard InChI is InChI=1S/C11H23NO/c1-8(2)11(13-3)10(12)9-6-4-5-7-9/h8-11H,4-7,12H2,1-3H3. The van der Waals surface area contributed by atoms with Gasteiger partial charge in [0.25, 0.3) is 0 Å². The Hall–Kier alpha value is -0.0800. The molecule has 1 rings (SSSR count). The van der Waals surface area contributed by atoms with Gasteiger partial charge in [0, 0.05) is 13.2 Å². The Balaban J connectivity index is 2.46. The average molecular weight is 185 g/mol. The van der Waals surface area contributed by atoms with E-state index in [-0.39, 0.29) is 12.1 Å². The summed E-state index contributed by atoms with van der Waals surface area (Å²) in [7, 11) is 1.78. The van der Waals surface area contributed by atoms with Gasteiger partial charge in [-0.15, -0.1) is 0 Å². The summed E-state index contributed by atoms with van der Waals surface area (Å²) in [6.07, 6.45) is 5.55. The van der Waals surface area contributed by atoms with E-state index in [0.29, 0.717) is 11.8 Å². The van der Waals surface area contributed by atoms with Crippen molar-refractivity contribution in [3.05, 3.63) is 0 Å². The summed E-state index contributed by atoms with van der Waals surface area (Å²) in [6.45, 7) is 4.37. The Morgan fingerprint density at radius 3 is 2.15 bits per heavy atom. The predicted octanol–water partition coefficient (Wildman–Crippen LogP) is 2.17. The van der Waals surface area contributed by atoms with E-state index in [9.17, 15) is 0 Å². The third-order valence-corrected chi connectivity index (χ3v) is 3.25. The number of rotatable bonds is 4. The van der Waals surface area contributed by atoms with Crippen LogP contribution in [0, 0.1) is 11.8 Å². The molecule has 78 valence electrons. The van der Waals surface area contributed by atoms with Crippen molar-refractivity contribution < 1.29 is 4.74 Å². The Labute approximate surface area is 81.8 Å². The highest BCUT2D eigenvalue weighted by molar-refractivity contribution is 4.85. The monoisotopic (exact) mass is 185 g/mol. The first-order valence-corrected chi connectivity index (χ1v) is 5.45. The van der Waals surface area contributed by atoms with Crippen molar-refractivity contribution >= 4 is 0 Å². The van der Waals surface area contributed by atoms with Crippen LogP contribution in [0.25, 0.3) is 0 Å². The topological polar surface area (TPSA) is 35.2 Å². The lowest BCUT2D eigenvalue weighted by Crippen LogP contribution is -2.44. The van der Waals surface area contributed by atoms with Gasteiger partial charge >= 0.3 is 0 Å². The Bertz CT molecular complexity index is 141. The van der Waals surface area contributed by atoms with Crippen molar-refractivity contribution in [3.8, 4) is 0 Å². The molecule has 2 nitrogen and oxygen atoms in total. The lowest BCUT2D eigenvalue weighted by Gasteiger charge is -2.30. The van der Waals surface area contributed by atoms with Crippen LogP contribution in [0.15, 0.2) is 0 Å². The van der Waals surface area contributed by atoms with Gasteiger partial charge in [-0.2, -0.15) is 0 Å². The molecule has 0 bridgehead atoms. The second-order valence-electron chi connectivity index (χ2n) is 4.57. The lowest BCUT2D eigenvalue weighted by atomic mass is 9.89. The largest absolute Gasteiger partial charge is 0.380 e. The number of methoxy groups -OCH3 is 1. The number of hydrogen-bond acceptors (Lipinski definition) is 2. The van der Waals surface area contributed by atoms with Crippen LogP contribution in [-0.2, 0) is 4.74 Å². The zero-order chi connectivity index (χ0) is 9.84. The number of hydrogen-bond donors (Lipinski definition) is 1. The summed E-state index contributed by atoms with van der Waals surface area (Å²) >= 11 is 0. The van der Waals surface area contributed by atoms with E-state index in [1.165, 1.54) is 25.7 Å². The van der Waals surface area contributed by atoms with Gasteiger partial charge in [-0.3, -0.25) is 0 Å². The van der Waals surface area contributed by atoms with Crippen molar-refractivity contribution in [2.45, 2.75) is 51.7 Å². The minimum atomic E-state index is 0.239. The van der Waals surface area contributed by atoms with Crippen molar-refractivity contribution in [2.24, 2.45) is 17.6 Å². The molecule has 0 radical (unpaired) electrons. The van der Waals surface area contributed by atoms with E-state index in [1.54, 1.807) is 7.11 Å². The SMILES string of the molecule is COC(C(C)C)C(N)C1CCCC1. The van der Waals surface area contributed by atoms with Gasteiger partial charge in [-0.05, 0) is 24.7 Å². The molecule has 2 unspecified atom stereocenters.